The van der Waals surface area contributed by atoms with E-state index < -0.39 is 0 Å². The zero-order chi connectivity index (χ0) is 18.4. The Bertz CT molecular complexity index is 859. The summed E-state index contributed by atoms with van der Waals surface area (Å²) in [6, 6.07) is 17.9. The number of amides is 1. The summed E-state index contributed by atoms with van der Waals surface area (Å²) in [6.07, 6.45) is 0. The second-order valence-corrected chi connectivity index (χ2v) is 7.23. The zero-order valence-corrected chi connectivity index (χ0v) is 15.8. The van der Waals surface area contributed by atoms with Gasteiger partial charge in [0.1, 0.15) is 10.8 Å². The van der Waals surface area contributed by atoms with Crippen molar-refractivity contribution in [2.75, 3.05) is 6.61 Å². The lowest BCUT2D eigenvalue weighted by molar-refractivity contribution is -0.123. The fourth-order valence-corrected chi connectivity index (χ4v) is 3.21. The number of carbonyl (C=O) groups is 1. The van der Waals surface area contributed by atoms with Crippen molar-refractivity contribution in [1.29, 1.82) is 0 Å². The molecule has 0 fully saturated rings. The van der Waals surface area contributed by atoms with Gasteiger partial charge in [-0.2, -0.15) is 0 Å². The van der Waals surface area contributed by atoms with Crippen LogP contribution in [0.3, 0.4) is 0 Å². The van der Waals surface area contributed by atoms with Crippen LogP contribution >= 0.6 is 11.3 Å². The Hall–Kier alpha value is -2.66. The molecule has 0 radical (unpaired) electrons. The summed E-state index contributed by atoms with van der Waals surface area (Å²) in [4.78, 5) is 16.6. The quantitative estimate of drug-likeness (QED) is 0.663. The number of hydrogen-bond acceptors (Lipinski definition) is 4. The van der Waals surface area contributed by atoms with E-state index >= 15 is 0 Å². The molecule has 1 N–H and O–H groups in total. The van der Waals surface area contributed by atoms with Gasteiger partial charge in [-0.25, -0.2) is 4.98 Å². The third-order valence-electron chi connectivity index (χ3n) is 3.95. The summed E-state index contributed by atoms with van der Waals surface area (Å²) in [5.41, 5.74) is 3.20. The van der Waals surface area contributed by atoms with Crippen molar-refractivity contribution in [2.24, 2.45) is 0 Å². The van der Waals surface area contributed by atoms with Gasteiger partial charge >= 0.3 is 0 Å². The minimum absolute atomic E-state index is 0.00152. The highest BCUT2D eigenvalue weighted by atomic mass is 32.1. The van der Waals surface area contributed by atoms with Crippen molar-refractivity contribution in [3.05, 3.63) is 70.5 Å². The average Bonchev–Trinajstić information content (AvgIpc) is 3.15. The molecule has 1 heterocycles. The highest BCUT2D eigenvalue weighted by Gasteiger charge is 2.08. The Kier molecular flexibility index (Phi) is 6.02. The summed E-state index contributed by atoms with van der Waals surface area (Å²) in [5, 5.41) is 5.73. The molecular weight excluding hydrogens is 344 g/mol. The van der Waals surface area contributed by atoms with Gasteiger partial charge in [0, 0.05) is 10.9 Å². The van der Waals surface area contributed by atoms with Gasteiger partial charge in [-0.3, -0.25) is 4.79 Å². The van der Waals surface area contributed by atoms with Gasteiger partial charge in [-0.15, -0.1) is 11.3 Å². The number of benzene rings is 2. The van der Waals surface area contributed by atoms with E-state index in [0.717, 1.165) is 16.3 Å². The largest absolute Gasteiger partial charge is 0.484 e. The van der Waals surface area contributed by atoms with Crippen LogP contribution in [0, 0.1) is 0 Å². The second-order valence-electron chi connectivity index (χ2n) is 6.29. The molecule has 0 spiro atoms. The molecule has 4 nitrogen and oxygen atoms in total. The van der Waals surface area contributed by atoms with Crippen LogP contribution in [0.1, 0.15) is 30.3 Å². The number of ether oxygens (including phenoxy) is 1. The molecule has 0 atom stereocenters. The maximum Gasteiger partial charge on any atom is 0.258 e. The third kappa shape index (κ3) is 4.92. The Balaban J connectivity index is 1.49. The molecule has 5 heteroatoms. The predicted molar refractivity (Wildman–Crippen MR) is 105 cm³/mol. The molecule has 0 aliphatic carbocycles. The highest BCUT2D eigenvalue weighted by Crippen LogP contribution is 2.22. The zero-order valence-electron chi connectivity index (χ0n) is 14.9. The summed E-state index contributed by atoms with van der Waals surface area (Å²) in [5.74, 6) is 0.986. The SMILES string of the molecule is CC(C)c1cccc(OCC(=O)NCc2nc(-c3ccccc3)cs2)c1. The highest BCUT2D eigenvalue weighted by molar-refractivity contribution is 7.09. The molecule has 134 valence electrons. The van der Waals surface area contributed by atoms with E-state index in [2.05, 4.69) is 30.2 Å². The van der Waals surface area contributed by atoms with Crippen LogP contribution in [0.25, 0.3) is 11.3 Å². The molecule has 2 aromatic carbocycles. The lowest BCUT2D eigenvalue weighted by Crippen LogP contribution is -2.28. The first kappa shape index (κ1) is 18.1. The molecule has 0 aliphatic heterocycles. The van der Waals surface area contributed by atoms with Crippen LogP contribution in [-0.4, -0.2) is 17.5 Å². The summed E-state index contributed by atoms with van der Waals surface area (Å²) in [6.45, 7) is 4.66. The first-order chi connectivity index (χ1) is 12.6. The Morgan fingerprint density at radius 2 is 1.96 bits per heavy atom. The molecular formula is C21H22N2O2S. The van der Waals surface area contributed by atoms with Crippen LogP contribution in [0.5, 0.6) is 5.75 Å². The second kappa shape index (κ2) is 8.63. The Morgan fingerprint density at radius 3 is 2.73 bits per heavy atom. The molecule has 0 unspecified atom stereocenters. The maximum absolute atomic E-state index is 12.0. The summed E-state index contributed by atoms with van der Waals surface area (Å²) >= 11 is 1.54. The summed E-state index contributed by atoms with van der Waals surface area (Å²) < 4.78 is 5.59. The topological polar surface area (TPSA) is 51.2 Å². The van der Waals surface area contributed by atoms with Gasteiger partial charge in [0.2, 0.25) is 0 Å². The van der Waals surface area contributed by atoms with Gasteiger partial charge in [0.15, 0.2) is 6.61 Å². The number of rotatable bonds is 7. The third-order valence-corrected chi connectivity index (χ3v) is 4.80. The number of thiazole rings is 1. The van der Waals surface area contributed by atoms with E-state index in [9.17, 15) is 4.79 Å². The van der Waals surface area contributed by atoms with Crippen molar-refractivity contribution >= 4 is 17.2 Å². The van der Waals surface area contributed by atoms with Crippen molar-refractivity contribution in [3.63, 3.8) is 0 Å². The molecule has 0 saturated carbocycles. The fraction of sp³-hybridized carbons (Fsp3) is 0.238. The van der Waals surface area contributed by atoms with E-state index in [1.54, 1.807) is 0 Å². The van der Waals surface area contributed by atoms with Crippen molar-refractivity contribution in [3.8, 4) is 17.0 Å². The molecule has 0 aliphatic rings. The van der Waals surface area contributed by atoms with E-state index in [-0.39, 0.29) is 12.5 Å². The number of nitrogens with zero attached hydrogens (tertiary/aromatic N) is 1. The molecule has 26 heavy (non-hydrogen) atoms. The first-order valence-electron chi connectivity index (χ1n) is 8.61. The van der Waals surface area contributed by atoms with Crippen LogP contribution in [-0.2, 0) is 11.3 Å². The number of carbonyl (C=O) groups excluding carboxylic acids is 1. The van der Waals surface area contributed by atoms with Gasteiger partial charge in [-0.1, -0.05) is 56.3 Å². The maximum atomic E-state index is 12.0. The molecule has 3 rings (SSSR count). The van der Waals surface area contributed by atoms with Crippen LogP contribution < -0.4 is 10.1 Å². The smallest absolute Gasteiger partial charge is 0.258 e. The molecule has 1 amide bonds. The standard InChI is InChI=1S/C21H22N2O2S/c1-15(2)17-9-6-10-18(11-17)25-13-20(24)22-12-21-23-19(14-26-21)16-7-4-3-5-8-16/h3-11,14-15H,12-13H2,1-2H3,(H,22,24). The number of hydrogen-bond donors (Lipinski definition) is 1. The van der Waals surface area contributed by atoms with Crippen molar-refractivity contribution < 1.29 is 9.53 Å². The van der Waals surface area contributed by atoms with E-state index in [1.807, 2.05) is 53.9 Å². The number of nitrogens with one attached hydrogen (secondary N) is 1. The van der Waals surface area contributed by atoms with Gasteiger partial charge in [0.05, 0.1) is 12.2 Å². The van der Waals surface area contributed by atoms with E-state index in [0.29, 0.717) is 18.2 Å². The van der Waals surface area contributed by atoms with E-state index in [1.165, 1.54) is 16.9 Å². The number of aromatic nitrogens is 1. The minimum Gasteiger partial charge on any atom is -0.484 e. The Morgan fingerprint density at radius 1 is 1.15 bits per heavy atom. The fourth-order valence-electron chi connectivity index (χ4n) is 2.47. The van der Waals surface area contributed by atoms with Crippen LogP contribution in [0.4, 0.5) is 0 Å². The average molecular weight is 366 g/mol. The monoisotopic (exact) mass is 366 g/mol. The minimum atomic E-state index is -0.156. The first-order valence-corrected chi connectivity index (χ1v) is 9.49. The molecule has 0 saturated heterocycles. The molecule has 1 aromatic heterocycles. The van der Waals surface area contributed by atoms with E-state index in [4.69, 9.17) is 4.74 Å². The van der Waals surface area contributed by atoms with Gasteiger partial charge < -0.3 is 10.1 Å². The normalized spacial score (nSPS) is 10.7. The van der Waals surface area contributed by atoms with Gasteiger partial charge in [-0.05, 0) is 23.6 Å². The van der Waals surface area contributed by atoms with Crippen molar-refractivity contribution in [2.45, 2.75) is 26.3 Å². The molecule has 3 aromatic rings. The Labute approximate surface area is 157 Å². The lowest BCUT2D eigenvalue weighted by Gasteiger charge is -2.10. The molecule has 0 bridgehead atoms. The van der Waals surface area contributed by atoms with Gasteiger partial charge in [0.25, 0.3) is 5.91 Å². The predicted octanol–water partition coefficient (Wildman–Crippen LogP) is 4.63. The summed E-state index contributed by atoms with van der Waals surface area (Å²) in [7, 11) is 0. The van der Waals surface area contributed by atoms with Crippen LogP contribution in [0.2, 0.25) is 0 Å². The lowest BCUT2D eigenvalue weighted by atomic mass is 10.0. The van der Waals surface area contributed by atoms with Crippen LogP contribution in [0.15, 0.2) is 60.0 Å². The van der Waals surface area contributed by atoms with Crippen molar-refractivity contribution in [1.82, 2.24) is 10.3 Å².